The van der Waals surface area contributed by atoms with E-state index in [2.05, 4.69) is 24.8 Å². The van der Waals surface area contributed by atoms with Crippen LogP contribution in [0, 0.1) is 13.8 Å². The summed E-state index contributed by atoms with van der Waals surface area (Å²) in [6.07, 6.45) is 0. The van der Waals surface area contributed by atoms with Gasteiger partial charge in [-0.05, 0) is 57.0 Å². The number of amides is 1. The Bertz CT molecular complexity index is 772. The van der Waals surface area contributed by atoms with E-state index >= 15 is 0 Å². The van der Waals surface area contributed by atoms with Crippen molar-refractivity contribution in [1.29, 1.82) is 0 Å². The molecular weight excluding hydrogens is 312 g/mol. The molecule has 1 amide bonds. The molecule has 0 saturated carbocycles. The molecule has 2 aromatic rings. The molecule has 4 nitrogen and oxygen atoms in total. The number of hydrogen-bond donors (Lipinski definition) is 0. The Labute approximate surface area is 150 Å². The molecule has 1 heterocycles. The van der Waals surface area contributed by atoms with Crippen molar-refractivity contribution < 1.29 is 9.53 Å². The normalized spacial score (nSPS) is 16.6. The number of anilines is 2. The Balaban J connectivity index is 1.79. The van der Waals surface area contributed by atoms with Gasteiger partial charge >= 0.3 is 0 Å². The topological polar surface area (TPSA) is 32.8 Å². The summed E-state index contributed by atoms with van der Waals surface area (Å²) in [4.78, 5) is 17.0. The van der Waals surface area contributed by atoms with Gasteiger partial charge in [-0.3, -0.25) is 4.79 Å². The van der Waals surface area contributed by atoms with Crippen LogP contribution in [0.3, 0.4) is 0 Å². The van der Waals surface area contributed by atoms with Crippen LogP contribution in [0.2, 0.25) is 0 Å². The molecule has 0 spiro atoms. The van der Waals surface area contributed by atoms with Crippen LogP contribution in [0.15, 0.2) is 42.5 Å². The van der Waals surface area contributed by atoms with Gasteiger partial charge in [0.15, 0.2) is 6.61 Å². The third kappa shape index (κ3) is 3.48. The Hall–Kier alpha value is -2.49. The molecule has 2 aromatic carbocycles. The van der Waals surface area contributed by atoms with Crippen LogP contribution in [0.25, 0.3) is 0 Å². The zero-order chi connectivity index (χ0) is 18.0. The van der Waals surface area contributed by atoms with Crippen molar-refractivity contribution in [3.8, 4) is 5.75 Å². The van der Waals surface area contributed by atoms with Crippen LogP contribution in [-0.4, -0.2) is 31.6 Å². The monoisotopic (exact) mass is 338 g/mol. The fraction of sp³-hybridized carbons (Fsp3) is 0.381. The van der Waals surface area contributed by atoms with Crippen molar-refractivity contribution >= 4 is 17.3 Å². The number of rotatable bonds is 4. The molecular formula is C21H26N2O2. The maximum atomic E-state index is 12.9. The van der Waals surface area contributed by atoms with Crippen LogP contribution in [0.4, 0.5) is 11.4 Å². The fourth-order valence-corrected chi connectivity index (χ4v) is 3.43. The first-order valence-corrected chi connectivity index (χ1v) is 8.87. The largest absolute Gasteiger partial charge is 0.483 e. The summed E-state index contributed by atoms with van der Waals surface area (Å²) in [5.41, 5.74) is 4.26. The van der Waals surface area contributed by atoms with Crippen LogP contribution in [0.5, 0.6) is 5.75 Å². The van der Waals surface area contributed by atoms with E-state index in [9.17, 15) is 4.79 Å². The van der Waals surface area contributed by atoms with Gasteiger partial charge in [-0.2, -0.15) is 0 Å². The molecule has 1 atom stereocenters. The first kappa shape index (κ1) is 17.3. The number of carbonyl (C=O) groups is 1. The van der Waals surface area contributed by atoms with Crippen molar-refractivity contribution in [1.82, 2.24) is 0 Å². The lowest BCUT2D eigenvalue weighted by Gasteiger charge is -2.42. The first-order valence-electron chi connectivity index (χ1n) is 8.87. The summed E-state index contributed by atoms with van der Waals surface area (Å²) in [5, 5.41) is 0. The predicted octanol–water partition coefficient (Wildman–Crippen LogP) is 3.94. The molecule has 3 rings (SSSR count). The maximum Gasteiger partial charge on any atom is 0.265 e. The molecule has 0 bridgehead atoms. The van der Waals surface area contributed by atoms with E-state index in [0.717, 1.165) is 34.8 Å². The molecule has 132 valence electrons. The number of fused-ring (bicyclic) bond motifs is 1. The molecule has 1 unspecified atom stereocenters. The highest BCUT2D eigenvalue weighted by Gasteiger charge is 2.30. The molecule has 1 aliphatic rings. The van der Waals surface area contributed by atoms with Gasteiger partial charge in [0.2, 0.25) is 0 Å². The Morgan fingerprint density at radius 1 is 1.16 bits per heavy atom. The number of hydrogen-bond acceptors (Lipinski definition) is 3. The van der Waals surface area contributed by atoms with Gasteiger partial charge in [-0.1, -0.05) is 24.3 Å². The predicted molar refractivity (Wildman–Crippen MR) is 103 cm³/mol. The smallest absolute Gasteiger partial charge is 0.265 e. The minimum Gasteiger partial charge on any atom is -0.483 e. The minimum absolute atomic E-state index is 0.00374. The zero-order valence-corrected chi connectivity index (χ0v) is 15.5. The average Bonchev–Trinajstić information content (AvgIpc) is 2.61. The number of nitrogens with zero attached hydrogens (tertiary/aromatic N) is 2. The number of para-hydroxylation sites is 2. The highest BCUT2D eigenvalue weighted by molar-refractivity contribution is 5.99. The van der Waals surface area contributed by atoms with Crippen molar-refractivity contribution in [2.45, 2.75) is 33.7 Å². The lowest BCUT2D eigenvalue weighted by Crippen LogP contribution is -2.50. The molecule has 1 aliphatic heterocycles. The summed E-state index contributed by atoms with van der Waals surface area (Å²) in [7, 11) is 0. The summed E-state index contributed by atoms with van der Waals surface area (Å²) in [6, 6.07) is 14.4. The lowest BCUT2D eigenvalue weighted by molar-refractivity contribution is -0.120. The van der Waals surface area contributed by atoms with Crippen LogP contribution in [-0.2, 0) is 4.79 Å². The van der Waals surface area contributed by atoms with E-state index in [0.29, 0.717) is 6.54 Å². The van der Waals surface area contributed by atoms with Crippen LogP contribution >= 0.6 is 0 Å². The van der Waals surface area contributed by atoms with Gasteiger partial charge in [-0.25, -0.2) is 0 Å². The quantitative estimate of drug-likeness (QED) is 0.846. The maximum absolute atomic E-state index is 12.9. The van der Waals surface area contributed by atoms with E-state index < -0.39 is 0 Å². The molecule has 0 radical (unpaired) electrons. The number of carbonyl (C=O) groups excluding carboxylic acids is 1. The van der Waals surface area contributed by atoms with E-state index in [4.69, 9.17) is 4.74 Å². The highest BCUT2D eigenvalue weighted by atomic mass is 16.5. The number of ether oxygens (including phenoxy) is 1. The van der Waals surface area contributed by atoms with E-state index in [-0.39, 0.29) is 18.6 Å². The fourth-order valence-electron chi connectivity index (χ4n) is 3.43. The minimum atomic E-state index is -0.00374. The zero-order valence-electron chi connectivity index (χ0n) is 15.5. The third-order valence-corrected chi connectivity index (χ3v) is 4.80. The highest BCUT2D eigenvalue weighted by Crippen LogP contribution is 2.35. The second kappa shape index (κ2) is 7.18. The van der Waals surface area contributed by atoms with Gasteiger partial charge < -0.3 is 14.5 Å². The third-order valence-electron chi connectivity index (χ3n) is 4.80. The van der Waals surface area contributed by atoms with Crippen molar-refractivity contribution in [3.05, 3.63) is 53.6 Å². The van der Waals surface area contributed by atoms with Crippen molar-refractivity contribution in [2.75, 3.05) is 29.5 Å². The van der Waals surface area contributed by atoms with Gasteiger partial charge in [0.25, 0.3) is 5.91 Å². The number of aryl methyl sites for hydroxylation is 2. The van der Waals surface area contributed by atoms with Crippen molar-refractivity contribution in [2.24, 2.45) is 0 Å². The number of benzene rings is 2. The molecule has 0 N–H and O–H groups in total. The summed E-state index contributed by atoms with van der Waals surface area (Å²) in [5.74, 6) is 0.776. The SMILES string of the molecule is CCN1c2ccccc2N(C(=O)COc2cc(C)ccc2C)CC1C. The summed E-state index contributed by atoms with van der Waals surface area (Å²) < 4.78 is 5.83. The van der Waals surface area contributed by atoms with Crippen LogP contribution in [0.1, 0.15) is 25.0 Å². The first-order chi connectivity index (χ1) is 12.0. The van der Waals surface area contributed by atoms with Gasteiger partial charge in [0.1, 0.15) is 5.75 Å². The second-order valence-electron chi connectivity index (χ2n) is 6.69. The molecule has 4 heteroatoms. The van der Waals surface area contributed by atoms with Gasteiger partial charge in [0.05, 0.1) is 11.4 Å². The van der Waals surface area contributed by atoms with E-state index in [1.54, 1.807) is 0 Å². The summed E-state index contributed by atoms with van der Waals surface area (Å²) in [6.45, 7) is 9.99. The molecule has 0 fully saturated rings. The molecule has 0 aromatic heterocycles. The molecule has 0 saturated heterocycles. The molecule has 0 aliphatic carbocycles. The van der Waals surface area contributed by atoms with Gasteiger partial charge in [0, 0.05) is 19.1 Å². The average molecular weight is 338 g/mol. The van der Waals surface area contributed by atoms with Gasteiger partial charge in [-0.15, -0.1) is 0 Å². The summed E-state index contributed by atoms with van der Waals surface area (Å²) >= 11 is 0. The number of likely N-dealkylation sites (N-methyl/N-ethyl adjacent to an activating group) is 1. The molecule has 25 heavy (non-hydrogen) atoms. The standard InChI is InChI=1S/C21H26N2O2/c1-5-22-17(4)13-23(19-9-7-6-8-18(19)22)21(24)14-25-20-12-15(2)10-11-16(20)3/h6-12,17H,5,13-14H2,1-4H3. The lowest BCUT2D eigenvalue weighted by atomic mass is 10.1. The second-order valence-corrected chi connectivity index (χ2v) is 6.69. The Kier molecular flexibility index (Phi) is 4.98. The van der Waals surface area contributed by atoms with E-state index in [1.807, 2.05) is 55.1 Å². The van der Waals surface area contributed by atoms with E-state index in [1.165, 1.54) is 0 Å². The Morgan fingerprint density at radius 3 is 2.60 bits per heavy atom. The Morgan fingerprint density at radius 2 is 1.88 bits per heavy atom. The van der Waals surface area contributed by atoms with Crippen molar-refractivity contribution in [3.63, 3.8) is 0 Å². The van der Waals surface area contributed by atoms with Crippen LogP contribution < -0.4 is 14.5 Å².